The Hall–Kier alpha value is -0.790. The average Bonchev–Trinajstić information content (AvgIpc) is 2.34. The molecule has 0 aliphatic carbocycles. The lowest BCUT2D eigenvalue weighted by Crippen LogP contribution is -2.15. The van der Waals surface area contributed by atoms with Gasteiger partial charge in [-0.25, -0.2) is 4.98 Å². The van der Waals surface area contributed by atoms with Crippen LogP contribution in [0.2, 0.25) is 0 Å². The molecule has 1 aromatic heterocycles. The summed E-state index contributed by atoms with van der Waals surface area (Å²) in [5, 5.41) is 0. The second-order valence-electron chi connectivity index (χ2n) is 4.00. The number of nitrogens with zero attached hydrogens (tertiary/aromatic N) is 1. The largest absolute Gasteiger partial charge is 0.451 e. The van der Waals surface area contributed by atoms with Gasteiger partial charge in [-0.1, -0.05) is 27.7 Å². The molecule has 1 atom stereocenters. The van der Waals surface area contributed by atoms with Crippen LogP contribution >= 0.6 is 0 Å². The van der Waals surface area contributed by atoms with Crippen LogP contribution in [-0.2, 0) is 0 Å². The highest BCUT2D eigenvalue weighted by Crippen LogP contribution is 2.32. The highest BCUT2D eigenvalue weighted by atomic mass is 16.3. The smallest absolute Gasteiger partial charge is 0.180 e. The van der Waals surface area contributed by atoms with Gasteiger partial charge in [-0.15, -0.1) is 0 Å². The number of rotatable bonds is 1. The maximum absolute atomic E-state index is 4.92. The molecule has 0 aliphatic heterocycles. The third-order valence-electron chi connectivity index (χ3n) is 2.19. The van der Waals surface area contributed by atoms with Crippen molar-refractivity contribution in [3.05, 3.63) is 18.4 Å². The molecule has 0 spiro atoms. The Balaban J connectivity index is 2.78. The summed E-state index contributed by atoms with van der Waals surface area (Å²) in [6, 6.07) is 0. The fraction of sp³-hybridized carbons (Fsp3) is 0.667. The number of oxazole rings is 1. The molecule has 1 heterocycles. The van der Waals surface area contributed by atoms with Gasteiger partial charge in [0.05, 0.1) is 5.69 Å². The van der Waals surface area contributed by atoms with Crippen LogP contribution in [0, 0.1) is 5.41 Å². The number of hydrogen-bond donors (Lipinski definition) is 0. The summed E-state index contributed by atoms with van der Waals surface area (Å²) in [5.41, 5.74) is 1.30. The lowest BCUT2D eigenvalue weighted by molar-refractivity contribution is 0.333. The van der Waals surface area contributed by atoms with Crippen molar-refractivity contribution < 1.29 is 4.42 Å². The fourth-order valence-electron chi connectivity index (χ4n) is 0.879. The Labute approximate surface area is 67.6 Å². The molecule has 2 nitrogen and oxygen atoms in total. The third kappa shape index (κ3) is 1.82. The van der Waals surface area contributed by atoms with Crippen molar-refractivity contribution >= 4 is 0 Å². The van der Waals surface area contributed by atoms with Gasteiger partial charge in [-0.2, -0.15) is 0 Å². The molecule has 2 heteroatoms. The van der Waals surface area contributed by atoms with Gasteiger partial charge < -0.3 is 4.42 Å². The molecule has 0 fully saturated rings. The molecule has 11 heavy (non-hydrogen) atoms. The minimum Gasteiger partial charge on any atom is -0.451 e. The highest BCUT2D eigenvalue weighted by molar-refractivity contribution is 5.03. The predicted molar refractivity (Wildman–Crippen MR) is 44.4 cm³/mol. The molecule has 0 N–H and O–H groups in total. The van der Waals surface area contributed by atoms with Crippen LogP contribution in [0.25, 0.3) is 0 Å². The Bertz CT molecular complexity index is 208. The second kappa shape index (κ2) is 2.68. The van der Waals surface area contributed by atoms with Gasteiger partial charge in [0.2, 0.25) is 0 Å². The van der Waals surface area contributed by atoms with E-state index in [0.29, 0.717) is 5.92 Å². The van der Waals surface area contributed by atoms with E-state index in [1.807, 2.05) is 0 Å². The predicted octanol–water partition coefficient (Wildman–Crippen LogP) is 2.82. The van der Waals surface area contributed by atoms with Crippen molar-refractivity contribution in [2.75, 3.05) is 0 Å². The van der Waals surface area contributed by atoms with Crippen molar-refractivity contribution in [1.82, 2.24) is 4.98 Å². The zero-order valence-corrected chi connectivity index (χ0v) is 7.59. The summed E-state index contributed by atoms with van der Waals surface area (Å²) in [6.45, 7) is 8.77. The number of aromatic nitrogens is 1. The van der Waals surface area contributed by atoms with Gasteiger partial charge in [-0.05, 0) is 5.41 Å². The topological polar surface area (TPSA) is 26.0 Å². The van der Waals surface area contributed by atoms with Crippen molar-refractivity contribution in [3.63, 3.8) is 0 Å². The quantitative estimate of drug-likeness (QED) is 0.620. The van der Waals surface area contributed by atoms with Crippen molar-refractivity contribution in [2.45, 2.75) is 33.6 Å². The molecule has 1 unspecified atom stereocenters. The second-order valence-corrected chi connectivity index (χ2v) is 4.00. The summed E-state index contributed by atoms with van der Waals surface area (Å²) in [6.07, 6.45) is 3.20. The molecular weight excluding hydrogens is 138 g/mol. The van der Waals surface area contributed by atoms with E-state index in [1.165, 1.54) is 6.39 Å². The fourth-order valence-corrected chi connectivity index (χ4v) is 0.879. The normalized spacial score (nSPS) is 14.9. The summed E-state index contributed by atoms with van der Waals surface area (Å²) in [5.74, 6) is 0.446. The van der Waals surface area contributed by atoms with E-state index in [1.54, 1.807) is 6.26 Å². The maximum Gasteiger partial charge on any atom is 0.180 e. The molecule has 1 rings (SSSR count). The van der Waals surface area contributed by atoms with E-state index in [0.717, 1.165) is 5.69 Å². The Morgan fingerprint density at radius 3 is 2.45 bits per heavy atom. The van der Waals surface area contributed by atoms with Gasteiger partial charge in [0.15, 0.2) is 6.39 Å². The van der Waals surface area contributed by atoms with Crippen LogP contribution in [0.15, 0.2) is 17.1 Å². The molecule has 0 aliphatic rings. The van der Waals surface area contributed by atoms with E-state index in [9.17, 15) is 0 Å². The molecule has 0 saturated heterocycles. The first-order valence-electron chi connectivity index (χ1n) is 3.90. The summed E-state index contributed by atoms with van der Waals surface area (Å²) < 4.78 is 4.92. The van der Waals surface area contributed by atoms with Crippen LogP contribution in [0.4, 0.5) is 0 Å². The van der Waals surface area contributed by atoms with Crippen LogP contribution in [0.5, 0.6) is 0 Å². The van der Waals surface area contributed by atoms with Crippen LogP contribution in [0.3, 0.4) is 0 Å². The molecular formula is C9H15NO. The zero-order valence-electron chi connectivity index (χ0n) is 7.59. The third-order valence-corrected chi connectivity index (χ3v) is 2.19. The van der Waals surface area contributed by atoms with Crippen molar-refractivity contribution in [3.8, 4) is 0 Å². The van der Waals surface area contributed by atoms with Crippen LogP contribution < -0.4 is 0 Å². The summed E-state index contributed by atoms with van der Waals surface area (Å²) in [4.78, 5) is 4.12. The minimum atomic E-state index is 0.261. The Kier molecular flexibility index (Phi) is 2.03. The molecule has 0 radical (unpaired) electrons. The van der Waals surface area contributed by atoms with Crippen molar-refractivity contribution in [2.24, 2.45) is 5.41 Å². The Morgan fingerprint density at radius 1 is 1.45 bits per heavy atom. The summed E-state index contributed by atoms with van der Waals surface area (Å²) in [7, 11) is 0. The highest BCUT2D eigenvalue weighted by Gasteiger charge is 2.23. The molecule has 0 aromatic carbocycles. The van der Waals surface area contributed by atoms with Gasteiger partial charge in [-0.3, -0.25) is 0 Å². The zero-order chi connectivity index (χ0) is 8.48. The minimum absolute atomic E-state index is 0.261. The molecule has 0 amide bonds. The lowest BCUT2D eigenvalue weighted by atomic mass is 9.80. The molecule has 1 aromatic rings. The van der Waals surface area contributed by atoms with Gasteiger partial charge in [0.1, 0.15) is 6.26 Å². The Morgan fingerprint density at radius 2 is 2.09 bits per heavy atom. The maximum atomic E-state index is 4.92. The first-order chi connectivity index (χ1) is 5.02. The van der Waals surface area contributed by atoms with E-state index in [4.69, 9.17) is 4.42 Å². The molecule has 0 saturated carbocycles. The summed E-state index contributed by atoms with van der Waals surface area (Å²) >= 11 is 0. The van der Waals surface area contributed by atoms with Crippen LogP contribution in [0.1, 0.15) is 39.3 Å². The first kappa shape index (κ1) is 8.31. The van der Waals surface area contributed by atoms with Gasteiger partial charge in [0.25, 0.3) is 0 Å². The van der Waals surface area contributed by atoms with E-state index in [2.05, 4.69) is 32.7 Å². The monoisotopic (exact) mass is 153 g/mol. The van der Waals surface area contributed by atoms with Gasteiger partial charge >= 0.3 is 0 Å². The van der Waals surface area contributed by atoms with Gasteiger partial charge in [0, 0.05) is 5.92 Å². The SMILES string of the molecule is CC(c1cocn1)C(C)(C)C. The van der Waals surface area contributed by atoms with Crippen molar-refractivity contribution in [1.29, 1.82) is 0 Å². The number of hydrogen-bond acceptors (Lipinski definition) is 2. The first-order valence-corrected chi connectivity index (χ1v) is 3.90. The lowest BCUT2D eigenvalue weighted by Gasteiger charge is -2.24. The molecule has 62 valence electrons. The molecule has 0 bridgehead atoms. The van der Waals surface area contributed by atoms with E-state index < -0.39 is 0 Å². The standard InChI is InChI=1S/C9H15NO/c1-7(9(2,3)4)8-5-11-6-10-8/h5-7H,1-4H3. The van der Waals surface area contributed by atoms with Crippen LogP contribution in [-0.4, -0.2) is 4.98 Å². The average molecular weight is 153 g/mol. The van der Waals surface area contributed by atoms with E-state index in [-0.39, 0.29) is 5.41 Å². The van der Waals surface area contributed by atoms with E-state index >= 15 is 0 Å².